The Morgan fingerprint density at radius 2 is 1.86 bits per heavy atom. The topological polar surface area (TPSA) is 67.5 Å². The van der Waals surface area contributed by atoms with Gasteiger partial charge >= 0.3 is 0 Å². The van der Waals surface area contributed by atoms with Gasteiger partial charge in [0.15, 0.2) is 6.17 Å². The van der Waals surface area contributed by atoms with Crippen molar-refractivity contribution in [2.75, 3.05) is 5.32 Å². The average Bonchev–Trinajstić information content (AvgIpc) is 2.58. The summed E-state index contributed by atoms with van der Waals surface area (Å²) in [6, 6.07) is 12.4. The third kappa shape index (κ3) is 2.65. The van der Waals surface area contributed by atoms with Crippen LogP contribution in [0.5, 0.6) is 0 Å². The van der Waals surface area contributed by atoms with Crippen LogP contribution in [0.25, 0.3) is 0 Å². The second-order valence-electron chi connectivity index (χ2n) is 4.58. The molecule has 0 bridgehead atoms. The molecule has 21 heavy (non-hydrogen) atoms. The molecule has 2 aromatic rings. The second-order valence-corrected chi connectivity index (χ2v) is 5.43. The zero-order chi connectivity index (χ0) is 15.0. The molecule has 6 heteroatoms. The molecule has 0 spiro atoms. The maximum absolute atomic E-state index is 11.9. The number of carbonyl (C=O) groups excluding carboxylic acids is 1. The van der Waals surface area contributed by atoms with E-state index in [0.29, 0.717) is 32.6 Å². The van der Waals surface area contributed by atoms with E-state index in [1.807, 2.05) is 18.2 Å². The maximum atomic E-state index is 11.9. The lowest BCUT2D eigenvalue weighted by Gasteiger charge is -2.11. The number of carbonyl (C=O) groups is 1. The first-order valence-corrected chi connectivity index (χ1v) is 7.01. The van der Waals surface area contributed by atoms with Crippen molar-refractivity contribution < 1.29 is 4.79 Å². The Morgan fingerprint density at radius 1 is 1.10 bits per heavy atom. The molecule has 1 heterocycles. The van der Waals surface area contributed by atoms with Crippen molar-refractivity contribution >= 4 is 40.5 Å². The van der Waals surface area contributed by atoms with Gasteiger partial charge in [-0.2, -0.15) is 0 Å². The summed E-state index contributed by atoms with van der Waals surface area (Å²) in [5.74, 6) is -0.374. The van der Waals surface area contributed by atoms with Crippen molar-refractivity contribution in [2.24, 2.45) is 10.7 Å². The molecule has 0 aromatic heterocycles. The minimum Gasteiger partial charge on any atom is -0.322 e. The molecule has 0 saturated heterocycles. The fourth-order valence-electron chi connectivity index (χ4n) is 2.16. The van der Waals surface area contributed by atoms with Crippen LogP contribution in [0.4, 0.5) is 5.69 Å². The molecule has 4 nitrogen and oxygen atoms in total. The van der Waals surface area contributed by atoms with Crippen LogP contribution in [-0.4, -0.2) is 17.8 Å². The number of fused-ring (bicyclic) bond motifs is 1. The van der Waals surface area contributed by atoms with Crippen molar-refractivity contribution in [1.29, 1.82) is 0 Å². The minimum atomic E-state index is -0.998. The predicted octanol–water partition coefficient (Wildman–Crippen LogP) is 3.07. The van der Waals surface area contributed by atoms with Crippen molar-refractivity contribution in [3.8, 4) is 0 Å². The Labute approximate surface area is 131 Å². The summed E-state index contributed by atoms with van der Waals surface area (Å²) in [5, 5.41) is 3.81. The van der Waals surface area contributed by atoms with E-state index in [1.54, 1.807) is 24.3 Å². The zero-order valence-corrected chi connectivity index (χ0v) is 12.3. The number of hydrogen-bond donors (Lipinski definition) is 2. The molecule has 1 aliphatic rings. The number of benzene rings is 2. The van der Waals surface area contributed by atoms with E-state index in [1.165, 1.54) is 0 Å². The molecule has 1 amide bonds. The highest BCUT2D eigenvalue weighted by molar-refractivity contribution is 6.36. The van der Waals surface area contributed by atoms with Gasteiger partial charge in [0, 0.05) is 21.2 Å². The Balaban J connectivity index is 2.27. The average molecular weight is 320 g/mol. The lowest BCUT2D eigenvalue weighted by atomic mass is 10.0. The zero-order valence-electron chi connectivity index (χ0n) is 10.8. The highest BCUT2D eigenvalue weighted by atomic mass is 35.5. The summed E-state index contributed by atoms with van der Waals surface area (Å²) < 4.78 is 0. The van der Waals surface area contributed by atoms with Crippen LogP contribution < -0.4 is 11.1 Å². The standard InChI is InChI=1S/C15H11Cl2N3O/c16-8-5-6-12-10(7-8)13(20-14(18)15(21)19-12)9-3-1-2-4-11(9)17/h1-7,14H,18H2,(H,19,21). The summed E-state index contributed by atoms with van der Waals surface area (Å²) in [5.41, 5.74) is 8.35. The number of rotatable bonds is 1. The third-order valence-electron chi connectivity index (χ3n) is 3.16. The molecule has 106 valence electrons. The fraction of sp³-hybridized carbons (Fsp3) is 0.0667. The third-order valence-corrected chi connectivity index (χ3v) is 3.73. The molecule has 0 saturated carbocycles. The van der Waals surface area contributed by atoms with Gasteiger partial charge in [0.2, 0.25) is 0 Å². The summed E-state index contributed by atoms with van der Waals surface area (Å²) in [4.78, 5) is 16.2. The van der Waals surface area contributed by atoms with Gasteiger partial charge < -0.3 is 11.1 Å². The molecule has 2 aromatic carbocycles. The van der Waals surface area contributed by atoms with E-state index >= 15 is 0 Å². The Morgan fingerprint density at radius 3 is 2.62 bits per heavy atom. The number of nitrogens with one attached hydrogen (secondary N) is 1. The van der Waals surface area contributed by atoms with Gasteiger partial charge in [-0.1, -0.05) is 41.4 Å². The van der Waals surface area contributed by atoms with Gasteiger partial charge in [0.05, 0.1) is 11.4 Å². The first-order valence-electron chi connectivity index (χ1n) is 6.25. The first-order chi connectivity index (χ1) is 10.1. The summed E-state index contributed by atoms with van der Waals surface area (Å²) in [7, 11) is 0. The van der Waals surface area contributed by atoms with Crippen molar-refractivity contribution in [2.45, 2.75) is 6.17 Å². The van der Waals surface area contributed by atoms with E-state index in [0.717, 1.165) is 0 Å². The highest BCUT2D eigenvalue weighted by Crippen LogP contribution is 2.29. The molecule has 1 atom stereocenters. The predicted molar refractivity (Wildman–Crippen MR) is 85.1 cm³/mol. The van der Waals surface area contributed by atoms with E-state index in [9.17, 15) is 4.79 Å². The van der Waals surface area contributed by atoms with Crippen LogP contribution >= 0.6 is 23.2 Å². The van der Waals surface area contributed by atoms with Crippen molar-refractivity contribution in [1.82, 2.24) is 0 Å². The smallest absolute Gasteiger partial charge is 0.263 e. The number of anilines is 1. The number of benzodiazepines with no additional fused rings is 1. The maximum Gasteiger partial charge on any atom is 0.263 e. The van der Waals surface area contributed by atoms with E-state index in [4.69, 9.17) is 28.9 Å². The largest absolute Gasteiger partial charge is 0.322 e. The molecule has 0 aliphatic carbocycles. The lowest BCUT2D eigenvalue weighted by molar-refractivity contribution is -0.117. The number of nitrogens with two attached hydrogens (primary N) is 1. The van der Waals surface area contributed by atoms with E-state index < -0.39 is 6.17 Å². The van der Waals surface area contributed by atoms with Crippen molar-refractivity contribution in [3.05, 3.63) is 63.6 Å². The fourth-order valence-corrected chi connectivity index (χ4v) is 2.56. The quantitative estimate of drug-likeness (QED) is 0.848. The molecule has 1 aliphatic heterocycles. The van der Waals surface area contributed by atoms with E-state index in [2.05, 4.69) is 10.3 Å². The molecule has 1 unspecified atom stereocenters. The monoisotopic (exact) mass is 319 g/mol. The summed E-state index contributed by atoms with van der Waals surface area (Å²) in [6.07, 6.45) is -0.998. The van der Waals surface area contributed by atoms with Crippen LogP contribution in [0.3, 0.4) is 0 Å². The number of amides is 1. The number of hydrogen-bond acceptors (Lipinski definition) is 3. The normalized spacial score (nSPS) is 17.6. The molecule has 0 fully saturated rings. The first kappa shape index (κ1) is 14.1. The van der Waals surface area contributed by atoms with Crippen LogP contribution in [0.2, 0.25) is 10.0 Å². The minimum absolute atomic E-state index is 0.374. The van der Waals surface area contributed by atoms with Gasteiger partial charge in [0.1, 0.15) is 0 Å². The molecule has 0 radical (unpaired) electrons. The van der Waals surface area contributed by atoms with Crippen LogP contribution in [0.1, 0.15) is 11.1 Å². The molecular weight excluding hydrogens is 309 g/mol. The van der Waals surface area contributed by atoms with Crippen LogP contribution in [0, 0.1) is 0 Å². The number of aliphatic imine (C=N–C) groups is 1. The Bertz CT molecular complexity index is 758. The number of nitrogens with zero attached hydrogens (tertiary/aromatic N) is 1. The molecule has 3 N–H and O–H groups in total. The SMILES string of the molecule is NC1N=C(c2ccccc2Cl)c2cc(Cl)ccc2NC1=O. The lowest BCUT2D eigenvalue weighted by Crippen LogP contribution is -2.33. The Kier molecular flexibility index (Phi) is 3.68. The van der Waals surface area contributed by atoms with Gasteiger partial charge in [-0.15, -0.1) is 0 Å². The van der Waals surface area contributed by atoms with Crippen LogP contribution in [0.15, 0.2) is 47.5 Å². The van der Waals surface area contributed by atoms with Gasteiger partial charge in [-0.05, 0) is 24.3 Å². The van der Waals surface area contributed by atoms with Gasteiger partial charge in [0.25, 0.3) is 5.91 Å². The van der Waals surface area contributed by atoms with Crippen LogP contribution in [-0.2, 0) is 4.79 Å². The van der Waals surface area contributed by atoms with E-state index in [-0.39, 0.29) is 5.91 Å². The molecular formula is C15H11Cl2N3O. The summed E-state index contributed by atoms with van der Waals surface area (Å²) in [6.45, 7) is 0. The van der Waals surface area contributed by atoms with Gasteiger partial charge in [-0.3, -0.25) is 9.79 Å². The second kappa shape index (κ2) is 5.48. The summed E-state index contributed by atoms with van der Waals surface area (Å²) >= 11 is 12.3. The van der Waals surface area contributed by atoms with Crippen molar-refractivity contribution in [3.63, 3.8) is 0 Å². The number of halogens is 2. The molecule has 3 rings (SSSR count). The van der Waals surface area contributed by atoms with Gasteiger partial charge in [-0.25, -0.2) is 0 Å². The highest BCUT2D eigenvalue weighted by Gasteiger charge is 2.24. The Hall–Kier alpha value is -1.88.